The van der Waals surface area contributed by atoms with E-state index in [2.05, 4.69) is 20.4 Å². The van der Waals surface area contributed by atoms with Gasteiger partial charge in [-0.15, -0.1) is 5.11 Å². The smallest absolute Gasteiger partial charge is 0.292 e. The van der Waals surface area contributed by atoms with Crippen molar-refractivity contribution >= 4 is 22.1 Å². The molecule has 3 aromatic carbocycles. The van der Waals surface area contributed by atoms with Crippen molar-refractivity contribution in [3.63, 3.8) is 0 Å². The molecule has 0 aliphatic heterocycles. The molecule has 0 fully saturated rings. The molecule has 0 saturated carbocycles. The summed E-state index contributed by atoms with van der Waals surface area (Å²) in [6.07, 6.45) is 0. The van der Waals surface area contributed by atoms with Crippen LogP contribution in [0.3, 0.4) is 0 Å². The van der Waals surface area contributed by atoms with Crippen molar-refractivity contribution < 1.29 is 4.74 Å². The number of methoxy groups -OCH3 is 1. The van der Waals surface area contributed by atoms with E-state index in [9.17, 15) is 4.79 Å². The van der Waals surface area contributed by atoms with Crippen molar-refractivity contribution in [1.29, 1.82) is 0 Å². The topological polar surface area (TPSA) is 82.6 Å². The second kappa shape index (κ2) is 6.68. The number of nitrogens with zero attached hydrogens (tertiary/aromatic N) is 2. The molecular formula is C20H16N4O2. The van der Waals surface area contributed by atoms with Crippen LogP contribution in [-0.2, 0) is 0 Å². The van der Waals surface area contributed by atoms with E-state index in [0.717, 1.165) is 22.1 Å². The Morgan fingerprint density at radius 2 is 1.62 bits per heavy atom. The Balaban J connectivity index is 1.72. The molecule has 4 aromatic rings. The molecule has 6 heteroatoms. The van der Waals surface area contributed by atoms with Gasteiger partial charge < -0.3 is 4.74 Å². The van der Waals surface area contributed by atoms with E-state index < -0.39 is 0 Å². The van der Waals surface area contributed by atoms with Crippen LogP contribution in [0.4, 0.5) is 11.4 Å². The number of hydrogen-bond acceptors (Lipinski definition) is 4. The molecule has 0 amide bonds. The molecule has 0 bridgehead atoms. The maximum Gasteiger partial charge on any atom is 0.292 e. The maximum atomic E-state index is 12.1. The van der Waals surface area contributed by atoms with Gasteiger partial charge in [0.1, 0.15) is 5.75 Å². The maximum absolute atomic E-state index is 12.1. The molecular weight excluding hydrogens is 328 g/mol. The highest BCUT2D eigenvalue weighted by molar-refractivity contribution is 5.88. The molecule has 6 nitrogen and oxygen atoms in total. The van der Waals surface area contributed by atoms with Crippen LogP contribution in [0.2, 0.25) is 0 Å². The molecule has 26 heavy (non-hydrogen) atoms. The van der Waals surface area contributed by atoms with Crippen molar-refractivity contribution in [3.05, 3.63) is 77.1 Å². The van der Waals surface area contributed by atoms with Gasteiger partial charge in [0.15, 0.2) is 5.69 Å². The normalized spacial score (nSPS) is 11.3. The summed E-state index contributed by atoms with van der Waals surface area (Å²) in [5.74, 6) is 0.736. The molecule has 128 valence electrons. The Hall–Kier alpha value is -3.67. The Labute approximate surface area is 149 Å². The van der Waals surface area contributed by atoms with E-state index in [1.165, 1.54) is 0 Å². The Morgan fingerprint density at radius 1 is 0.846 bits per heavy atom. The Morgan fingerprint density at radius 3 is 2.38 bits per heavy atom. The molecule has 1 aromatic heterocycles. The van der Waals surface area contributed by atoms with E-state index in [4.69, 9.17) is 4.74 Å². The largest absolute Gasteiger partial charge is 0.497 e. The van der Waals surface area contributed by atoms with Crippen LogP contribution in [-0.4, -0.2) is 17.3 Å². The predicted molar refractivity (Wildman–Crippen MR) is 102 cm³/mol. The van der Waals surface area contributed by atoms with Crippen LogP contribution >= 0.6 is 0 Å². The summed E-state index contributed by atoms with van der Waals surface area (Å²) in [4.78, 5) is 12.1. The molecule has 0 saturated heterocycles. The summed E-state index contributed by atoms with van der Waals surface area (Å²) in [5.41, 5.74) is 2.04. The molecule has 1 heterocycles. The van der Waals surface area contributed by atoms with Gasteiger partial charge in [0.25, 0.3) is 5.56 Å². The SMILES string of the molecule is COc1ccc(N=Nc2c(-c3ccc4ccccc4c3)[nH][nH]c2=O)cc1. The molecule has 4 rings (SSSR count). The van der Waals surface area contributed by atoms with Crippen molar-refractivity contribution in [2.24, 2.45) is 10.2 Å². The number of benzene rings is 3. The highest BCUT2D eigenvalue weighted by Crippen LogP contribution is 2.29. The average Bonchev–Trinajstić information content (AvgIpc) is 3.07. The number of rotatable bonds is 4. The number of nitrogens with one attached hydrogen (secondary N) is 2. The second-order valence-electron chi connectivity index (χ2n) is 5.76. The molecule has 0 spiro atoms. The van der Waals surface area contributed by atoms with E-state index in [-0.39, 0.29) is 11.2 Å². The van der Waals surface area contributed by atoms with Crippen LogP contribution in [0.25, 0.3) is 22.0 Å². The van der Waals surface area contributed by atoms with Gasteiger partial charge in [-0.25, -0.2) is 0 Å². The predicted octanol–water partition coefficient (Wildman–Crippen LogP) is 4.95. The van der Waals surface area contributed by atoms with Gasteiger partial charge >= 0.3 is 0 Å². The van der Waals surface area contributed by atoms with Gasteiger partial charge in [-0.1, -0.05) is 36.4 Å². The average molecular weight is 344 g/mol. The number of azo groups is 1. The Bertz CT molecular complexity index is 1140. The number of aromatic nitrogens is 2. The molecule has 0 radical (unpaired) electrons. The summed E-state index contributed by atoms with van der Waals surface area (Å²) in [7, 11) is 1.60. The molecule has 0 aliphatic rings. The molecule has 0 aliphatic carbocycles. The lowest BCUT2D eigenvalue weighted by atomic mass is 10.0. The van der Waals surface area contributed by atoms with Crippen LogP contribution < -0.4 is 10.3 Å². The lowest BCUT2D eigenvalue weighted by Crippen LogP contribution is -1.96. The third kappa shape index (κ3) is 3.00. The highest BCUT2D eigenvalue weighted by atomic mass is 16.5. The standard InChI is InChI=1S/C20H16N4O2/c1-26-17-10-8-16(9-11-17)21-23-19-18(22-24-20(19)25)15-7-6-13-4-2-3-5-14(13)12-15/h2-12H,1H3,(H2,22,24,25). The first-order valence-electron chi connectivity index (χ1n) is 8.10. The first kappa shape index (κ1) is 15.8. The minimum absolute atomic E-state index is 0.246. The summed E-state index contributed by atoms with van der Waals surface area (Å²) in [6, 6.07) is 21.2. The highest BCUT2D eigenvalue weighted by Gasteiger charge is 2.12. The zero-order valence-corrected chi connectivity index (χ0v) is 14.1. The monoisotopic (exact) mass is 344 g/mol. The lowest BCUT2D eigenvalue weighted by molar-refractivity contribution is 0.415. The zero-order chi connectivity index (χ0) is 17.9. The third-order valence-electron chi connectivity index (χ3n) is 4.13. The lowest BCUT2D eigenvalue weighted by Gasteiger charge is -2.02. The number of hydrogen-bond donors (Lipinski definition) is 2. The Kier molecular flexibility index (Phi) is 4.07. The number of H-pyrrole nitrogens is 2. The molecule has 0 atom stereocenters. The summed E-state index contributed by atoms with van der Waals surface area (Å²) >= 11 is 0. The molecule has 0 unspecified atom stereocenters. The van der Waals surface area contributed by atoms with Gasteiger partial charge in [-0.2, -0.15) is 5.11 Å². The number of fused-ring (bicyclic) bond motifs is 1. The van der Waals surface area contributed by atoms with Crippen LogP contribution in [0, 0.1) is 0 Å². The van der Waals surface area contributed by atoms with Gasteiger partial charge in [0, 0.05) is 5.56 Å². The van der Waals surface area contributed by atoms with Gasteiger partial charge in [0.05, 0.1) is 18.5 Å². The minimum atomic E-state index is -0.314. The summed E-state index contributed by atoms with van der Waals surface area (Å²) in [6.45, 7) is 0. The summed E-state index contributed by atoms with van der Waals surface area (Å²) in [5, 5.41) is 16.0. The van der Waals surface area contributed by atoms with Gasteiger partial charge in [-0.3, -0.25) is 15.0 Å². The van der Waals surface area contributed by atoms with Gasteiger partial charge in [0.2, 0.25) is 0 Å². The van der Waals surface area contributed by atoms with E-state index in [1.807, 2.05) is 42.5 Å². The summed E-state index contributed by atoms with van der Waals surface area (Å²) < 4.78 is 5.12. The third-order valence-corrected chi connectivity index (χ3v) is 4.13. The minimum Gasteiger partial charge on any atom is -0.497 e. The van der Waals surface area contributed by atoms with Crippen molar-refractivity contribution in [2.45, 2.75) is 0 Å². The second-order valence-corrected chi connectivity index (χ2v) is 5.76. The first-order chi connectivity index (χ1) is 12.7. The van der Waals surface area contributed by atoms with E-state index in [0.29, 0.717) is 11.4 Å². The first-order valence-corrected chi connectivity index (χ1v) is 8.10. The van der Waals surface area contributed by atoms with Crippen molar-refractivity contribution in [2.75, 3.05) is 7.11 Å². The van der Waals surface area contributed by atoms with E-state index >= 15 is 0 Å². The van der Waals surface area contributed by atoms with Gasteiger partial charge in [-0.05, 0) is 41.1 Å². The molecule has 2 N–H and O–H groups in total. The fourth-order valence-corrected chi connectivity index (χ4v) is 2.76. The number of ether oxygens (including phenoxy) is 1. The fraction of sp³-hybridized carbons (Fsp3) is 0.0500. The number of aromatic amines is 2. The van der Waals surface area contributed by atoms with Crippen molar-refractivity contribution in [3.8, 4) is 17.0 Å². The zero-order valence-electron chi connectivity index (χ0n) is 14.1. The van der Waals surface area contributed by atoms with Crippen LogP contribution in [0.15, 0.2) is 81.8 Å². The fourth-order valence-electron chi connectivity index (χ4n) is 2.76. The van der Waals surface area contributed by atoms with Crippen LogP contribution in [0.1, 0.15) is 0 Å². The van der Waals surface area contributed by atoms with Crippen LogP contribution in [0.5, 0.6) is 5.75 Å². The quantitative estimate of drug-likeness (QED) is 0.514. The van der Waals surface area contributed by atoms with Crippen molar-refractivity contribution in [1.82, 2.24) is 10.2 Å². The van der Waals surface area contributed by atoms with E-state index in [1.54, 1.807) is 31.4 Å².